The first-order valence-corrected chi connectivity index (χ1v) is 7.51. The Balaban J connectivity index is 2.83. The maximum atomic E-state index is 12.3. The van der Waals surface area contributed by atoms with Gasteiger partial charge in [-0.05, 0) is 53.9 Å². The number of nitrogens with two attached hydrogens (primary N) is 1. The molecule has 0 aliphatic heterocycles. The lowest BCUT2D eigenvalue weighted by Crippen LogP contribution is -2.44. The minimum absolute atomic E-state index is 0.0121. The number of hydrogen-bond donors (Lipinski definition) is 2. The van der Waals surface area contributed by atoms with Gasteiger partial charge in [-0.15, -0.1) is 0 Å². The lowest BCUT2D eigenvalue weighted by Gasteiger charge is -2.27. The van der Waals surface area contributed by atoms with Crippen LogP contribution in [0.3, 0.4) is 0 Å². The van der Waals surface area contributed by atoms with Gasteiger partial charge in [0.25, 0.3) is 0 Å². The fourth-order valence-electron chi connectivity index (χ4n) is 1.80. The molecule has 0 fully saturated rings. The molecule has 0 aliphatic carbocycles. The molecule has 1 aromatic rings. The second-order valence-electron chi connectivity index (χ2n) is 5.21. The van der Waals surface area contributed by atoms with Crippen molar-refractivity contribution in [3.8, 4) is 5.75 Å². The number of ether oxygens (including phenoxy) is 1. The van der Waals surface area contributed by atoms with Crippen LogP contribution in [0.4, 0.5) is 0 Å². The predicted octanol–water partition coefficient (Wildman–Crippen LogP) is 3.01. The van der Waals surface area contributed by atoms with Crippen LogP contribution in [0.5, 0.6) is 5.75 Å². The summed E-state index contributed by atoms with van der Waals surface area (Å²) >= 11 is 3.45. The molecule has 5 heteroatoms. The van der Waals surface area contributed by atoms with Crippen LogP contribution in [0.25, 0.3) is 0 Å². The summed E-state index contributed by atoms with van der Waals surface area (Å²) in [6, 6.07) is 5.70. The van der Waals surface area contributed by atoms with Crippen LogP contribution < -0.4 is 15.8 Å². The largest absolute Gasteiger partial charge is 0.496 e. The number of carbonyl (C=O) groups is 1. The highest BCUT2D eigenvalue weighted by Crippen LogP contribution is 2.28. The summed E-state index contributed by atoms with van der Waals surface area (Å²) in [4.78, 5) is 12.3. The van der Waals surface area contributed by atoms with Crippen molar-refractivity contribution in [1.82, 2.24) is 5.32 Å². The molecular formula is C15H23BrN2O2. The summed E-state index contributed by atoms with van der Waals surface area (Å²) < 4.78 is 6.07. The van der Waals surface area contributed by atoms with Gasteiger partial charge in [-0.25, -0.2) is 0 Å². The van der Waals surface area contributed by atoms with Crippen molar-refractivity contribution in [3.05, 3.63) is 28.2 Å². The molecule has 0 bridgehead atoms. The summed E-state index contributed by atoms with van der Waals surface area (Å²) in [5.74, 6) is 0.759. The molecule has 0 spiro atoms. The van der Waals surface area contributed by atoms with Gasteiger partial charge >= 0.3 is 0 Å². The standard InChI is InChI=1S/C15H23BrN2O2/c1-5-15(3,9-17)14(19)18-10(2)11-6-7-13(20-4)12(16)8-11/h6-8,10H,5,9,17H2,1-4H3,(H,18,19). The molecule has 0 radical (unpaired) electrons. The topological polar surface area (TPSA) is 64.4 Å². The van der Waals surface area contributed by atoms with Gasteiger partial charge in [0.15, 0.2) is 0 Å². The Hall–Kier alpha value is -1.07. The fraction of sp³-hybridized carbons (Fsp3) is 0.533. The Morgan fingerprint density at radius 3 is 2.65 bits per heavy atom. The highest BCUT2D eigenvalue weighted by atomic mass is 79.9. The molecule has 2 unspecified atom stereocenters. The highest BCUT2D eigenvalue weighted by molar-refractivity contribution is 9.10. The Kier molecular flexibility index (Phi) is 6.02. The third-order valence-corrected chi connectivity index (χ3v) is 4.42. The van der Waals surface area contributed by atoms with Crippen molar-refractivity contribution in [2.24, 2.45) is 11.1 Å². The molecule has 0 aliphatic rings. The quantitative estimate of drug-likeness (QED) is 0.835. The molecule has 0 aromatic heterocycles. The summed E-state index contributed by atoms with van der Waals surface area (Å²) in [5.41, 5.74) is 6.21. The molecule has 0 saturated heterocycles. The van der Waals surface area contributed by atoms with Crippen LogP contribution in [0.15, 0.2) is 22.7 Å². The van der Waals surface area contributed by atoms with E-state index >= 15 is 0 Å². The van der Waals surface area contributed by atoms with E-state index in [1.807, 2.05) is 39.0 Å². The molecule has 1 rings (SSSR count). The van der Waals surface area contributed by atoms with Crippen molar-refractivity contribution in [1.29, 1.82) is 0 Å². The first kappa shape index (κ1) is 17.0. The number of rotatable bonds is 6. The van der Waals surface area contributed by atoms with Gasteiger partial charge in [-0.2, -0.15) is 0 Å². The van der Waals surface area contributed by atoms with E-state index in [4.69, 9.17) is 10.5 Å². The minimum atomic E-state index is -0.516. The number of nitrogens with one attached hydrogen (secondary N) is 1. The zero-order valence-electron chi connectivity index (χ0n) is 12.5. The van der Waals surface area contributed by atoms with Gasteiger partial charge in [0.1, 0.15) is 5.75 Å². The van der Waals surface area contributed by atoms with E-state index in [9.17, 15) is 4.79 Å². The number of methoxy groups -OCH3 is 1. The lowest BCUT2D eigenvalue weighted by atomic mass is 9.86. The van der Waals surface area contributed by atoms with Gasteiger partial charge in [0.05, 0.1) is 23.0 Å². The van der Waals surface area contributed by atoms with Crippen LogP contribution in [0, 0.1) is 5.41 Å². The molecule has 3 N–H and O–H groups in total. The third kappa shape index (κ3) is 3.73. The molecule has 1 amide bonds. The number of amides is 1. The highest BCUT2D eigenvalue weighted by Gasteiger charge is 2.30. The fourth-order valence-corrected chi connectivity index (χ4v) is 2.36. The molecule has 20 heavy (non-hydrogen) atoms. The molecule has 112 valence electrons. The Morgan fingerprint density at radius 2 is 2.20 bits per heavy atom. The SMILES string of the molecule is CCC(C)(CN)C(=O)NC(C)c1ccc(OC)c(Br)c1. The maximum absolute atomic E-state index is 12.3. The van der Waals surface area contributed by atoms with E-state index in [0.717, 1.165) is 15.8 Å². The van der Waals surface area contributed by atoms with E-state index < -0.39 is 5.41 Å². The van der Waals surface area contributed by atoms with Crippen LogP contribution >= 0.6 is 15.9 Å². The number of hydrogen-bond acceptors (Lipinski definition) is 3. The average molecular weight is 343 g/mol. The molecule has 0 heterocycles. The van der Waals surface area contributed by atoms with Crippen molar-refractivity contribution in [2.45, 2.75) is 33.2 Å². The summed E-state index contributed by atoms with van der Waals surface area (Å²) in [7, 11) is 1.62. The van der Waals surface area contributed by atoms with E-state index in [2.05, 4.69) is 21.2 Å². The maximum Gasteiger partial charge on any atom is 0.227 e. The van der Waals surface area contributed by atoms with Crippen LogP contribution in [0.2, 0.25) is 0 Å². The first-order chi connectivity index (χ1) is 9.37. The minimum Gasteiger partial charge on any atom is -0.496 e. The monoisotopic (exact) mass is 342 g/mol. The zero-order chi connectivity index (χ0) is 15.3. The van der Waals surface area contributed by atoms with Crippen molar-refractivity contribution in [2.75, 3.05) is 13.7 Å². The van der Waals surface area contributed by atoms with Crippen molar-refractivity contribution < 1.29 is 9.53 Å². The van der Waals surface area contributed by atoms with E-state index in [1.165, 1.54) is 0 Å². The van der Waals surface area contributed by atoms with Crippen LogP contribution in [-0.2, 0) is 4.79 Å². The van der Waals surface area contributed by atoms with E-state index in [1.54, 1.807) is 7.11 Å². The number of benzene rings is 1. The van der Waals surface area contributed by atoms with Gasteiger partial charge in [0, 0.05) is 6.54 Å². The molecule has 1 aromatic carbocycles. The molecule has 2 atom stereocenters. The third-order valence-electron chi connectivity index (χ3n) is 3.80. The Bertz CT molecular complexity index is 473. The average Bonchev–Trinajstić information content (AvgIpc) is 2.45. The van der Waals surface area contributed by atoms with E-state index in [-0.39, 0.29) is 11.9 Å². The lowest BCUT2D eigenvalue weighted by molar-refractivity contribution is -0.130. The molecule has 0 saturated carbocycles. The van der Waals surface area contributed by atoms with Crippen LogP contribution in [-0.4, -0.2) is 19.6 Å². The second-order valence-corrected chi connectivity index (χ2v) is 6.06. The van der Waals surface area contributed by atoms with Gasteiger partial charge in [-0.1, -0.05) is 13.0 Å². The van der Waals surface area contributed by atoms with Gasteiger partial charge in [-0.3, -0.25) is 4.79 Å². The zero-order valence-corrected chi connectivity index (χ0v) is 14.1. The summed E-state index contributed by atoms with van der Waals surface area (Å²) in [6.45, 7) is 6.16. The molecule has 4 nitrogen and oxygen atoms in total. The van der Waals surface area contributed by atoms with Crippen LogP contribution in [0.1, 0.15) is 38.8 Å². The summed E-state index contributed by atoms with van der Waals surface area (Å²) in [5, 5.41) is 3.02. The van der Waals surface area contributed by atoms with Crippen molar-refractivity contribution in [3.63, 3.8) is 0 Å². The molecular weight excluding hydrogens is 320 g/mol. The normalized spacial score (nSPS) is 15.3. The van der Waals surface area contributed by atoms with E-state index in [0.29, 0.717) is 13.0 Å². The number of halogens is 1. The van der Waals surface area contributed by atoms with Crippen molar-refractivity contribution >= 4 is 21.8 Å². The predicted molar refractivity (Wildman–Crippen MR) is 84.7 cm³/mol. The summed E-state index contributed by atoms with van der Waals surface area (Å²) in [6.07, 6.45) is 0.717. The van der Waals surface area contributed by atoms with Gasteiger partial charge in [0.2, 0.25) is 5.91 Å². The Morgan fingerprint density at radius 1 is 1.55 bits per heavy atom. The Labute approximate surface area is 129 Å². The number of carbonyl (C=O) groups excluding carboxylic acids is 1. The smallest absolute Gasteiger partial charge is 0.227 e. The first-order valence-electron chi connectivity index (χ1n) is 6.72. The second kappa shape index (κ2) is 7.09. The van der Waals surface area contributed by atoms with Gasteiger partial charge < -0.3 is 15.8 Å².